The van der Waals surface area contributed by atoms with E-state index in [9.17, 15) is 22.0 Å². The predicted molar refractivity (Wildman–Crippen MR) is 108 cm³/mol. The van der Waals surface area contributed by atoms with Crippen LogP contribution >= 0.6 is 11.8 Å². The summed E-state index contributed by atoms with van der Waals surface area (Å²) in [6.07, 6.45) is 0. The summed E-state index contributed by atoms with van der Waals surface area (Å²) in [5, 5.41) is 0. The van der Waals surface area contributed by atoms with Crippen molar-refractivity contribution in [1.82, 2.24) is 9.21 Å². The lowest BCUT2D eigenvalue weighted by molar-refractivity contribution is -0.135. The van der Waals surface area contributed by atoms with E-state index in [-0.39, 0.29) is 42.9 Å². The van der Waals surface area contributed by atoms with E-state index in [1.165, 1.54) is 4.31 Å². The highest BCUT2D eigenvalue weighted by Crippen LogP contribution is 2.23. The summed E-state index contributed by atoms with van der Waals surface area (Å²) in [4.78, 5) is 15.1. The quantitative estimate of drug-likeness (QED) is 0.648. The Balaban J connectivity index is 1.56. The van der Waals surface area contributed by atoms with Crippen molar-refractivity contribution in [3.63, 3.8) is 0 Å². The predicted octanol–water partition coefficient (Wildman–Crippen LogP) is 3.23. The number of carbonyl (C=O) groups excluding carboxylic acids is 1. The van der Waals surface area contributed by atoms with E-state index >= 15 is 0 Å². The Morgan fingerprint density at radius 2 is 1.69 bits per heavy atom. The third-order valence-electron chi connectivity index (χ3n) is 4.74. The van der Waals surface area contributed by atoms with E-state index in [0.29, 0.717) is 11.8 Å². The minimum atomic E-state index is -3.93. The zero-order chi connectivity index (χ0) is 21.0. The Morgan fingerprint density at radius 1 is 1.03 bits per heavy atom. The fraction of sp³-hybridized carbons (Fsp3) is 0.350. The molecule has 0 aliphatic carbocycles. The lowest BCUT2D eigenvalue weighted by atomic mass is 10.1. The number of rotatable bonds is 6. The SMILES string of the molecule is CC(CSc1ccccc1)C(=O)N1CCN(S(=O)(=O)c2ccc(F)c(F)c2)CC1. The Kier molecular flexibility index (Phi) is 6.92. The van der Waals surface area contributed by atoms with Gasteiger partial charge in [-0.15, -0.1) is 11.8 Å². The van der Waals surface area contributed by atoms with Gasteiger partial charge in [0.15, 0.2) is 11.6 Å². The molecule has 29 heavy (non-hydrogen) atoms. The minimum absolute atomic E-state index is 0.0155. The molecule has 1 atom stereocenters. The second-order valence-electron chi connectivity index (χ2n) is 6.83. The van der Waals surface area contributed by atoms with Crippen molar-refractivity contribution < 1.29 is 22.0 Å². The number of hydrogen-bond acceptors (Lipinski definition) is 4. The van der Waals surface area contributed by atoms with Gasteiger partial charge in [-0.05, 0) is 30.3 Å². The van der Waals surface area contributed by atoms with Gasteiger partial charge in [0.25, 0.3) is 0 Å². The molecule has 3 rings (SSSR count). The molecule has 0 radical (unpaired) electrons. The van der Waals surface area contributed by atoms with E-state index in [4.69, 9.17) is 0 Å². The number of thioether (sulfide) groups is 1. The van der Waals surface area contributed by atoms with E-state index in [1.54, 1.807) is 16.7 Å². The third-order valence-corrected chi connectivity index (χ3v) is 7.91. The average molecular weight is 441 g/mol. The highest BCUT2D eigenvalue weighted by Gasteiger charge is 2.31. The van der Waals surface area contributed by atoms with E-state index in [1.807, 2.05) is 37.3 Å². The molecule has 0 N–H and O–H groups in total. The van der Waals surface area contributed by atoms with Crippen molar-refractivity contribution in [2.24, 2.45) is 5.92 Å². The molecule has 1 aliphatic rings. The number of nitrogens with zero attached hydrogens (tertiary/aromatic N) is 2. The van der Waals surface area contributed by atoms with Gasteiger partial charge in [-0.25, -0.2) is 17.2 Å². The average Bonchev–Trinajstić information content (AvgIpc) is 2.74. The van der Waals surface area contributed by atoms with E-state index in [2.05, 4.69) is 0 Å². The molecular weight excluding hydrogens is 418 g/mol. The van der Waals surface area contributed by atoms with Gasteiger partial charge < -0.3 is 4.90 Å². The monoisotopic (exact) mass is 440 g/mol. The molecule has 1 fully saturated rings. The van der Waals surface area contributed by atoms with Crippen LogP contribution in [0.15, 0.2) is 58.3 Å². The van der Waals surface area contributed by atoms with Crippen LogP contribution in [0.2, 0.25) is 0 Å². The van der Waals surface area contributed by atoms with Gasteiger partial charge in [-0.3, -0.25) is 4.79 Å². The first kappa shape index (κ1) is 21.7. The first-order valence-corrected chi connectivity index (χ1v) is 11.6. The Hall–Kier alpha value is -1.97. The Labute approximate surface area is 173 Å². The number of benzene rings is 2. The van der Waals surface area contributed by atoms with Gasteiger partial charge >= 0.3 is 0 Å². The highest BCUT2D eigenvalue weighted by atomic mass is 32.2. The van der Waals surface area contributed by atoms with Gasteiger partial charge in [0, 0.05) is 42.7 Å². The second-order valence-corrected chi connectivity index (χ2v) is 9.86. The summed E-state index contributed by atoms with van der Waals surface area (Å²) in [7, 11) is -3.93. The van der Waals surface area contributed by atoms with Gasteiger partial charge in [0.1, 0.15) is 0 Å². The summed E-state index contributed by atoms with van der Waals surface area (Å²) < 4.78 is 53.0. The van der Waals surface area contributed by atoms with Gasteiger partial charge in [-0.2, -0.15) is 4.31 Å². The van der Waals surface area contributed by atoms with Crippen molar-refractivity contribution in [3.8, 4) is 0 Å². The first-order chi connectivity index (χ1) is 13.8. The molecule has 0 aromatic heterocycles. The second kappa shape index (κ2) is 9.23. The van der Waals surface area contributed by atoms with Crippen molar-refractivity contribution in [1.29, 1.82) is 0 Å². The van der Waals surface area contributed by atoms with E-state index < -0.39 is 21.7 Å². The Morgan fingerprint density at radius 3 is 2.31 bits per heavy atom. The molecular formula is C20H22F2N2O3S2. The molecule has 5 nitrogen and oxygen atoms in total. The number of sulfonamides is 1. The molecule has 1 heterocycles. The molecule has 0 saturated carbocycles. The lowest BCUT2D eigenvalue weighted by Gasteiger charge is -2.35. The number of carbonyl (C=O) groups is 1. The van der Waals surface area contributed by atoms with Crippen LogP contribution in [-0.2, 0) is 14.8 Å². The van der Waals surface area contributed by atoms with E-state index in [0.717, 1.165) is 17.0 Å². The third kappa shape index (κ3) is 5.15. The maximum Gasteiger partial charge on any atom is 0.243 e. The van der Waals surface area contributed by atoms with Crippen LogP contribution in [0.3, 0.4) is 0 Å². The molecule has 2 aromatic carbocycles. The van der Waals surface area contributed by atoms with Crippen molar-refractivity contribution in [2.75, 3.05) is 31.9 Å². The fourth-order valence-corrected chi connectivity index (χ4v) is 5.43. The summed E-state index contributed by atoms with van der Waals surface area (Å²) in [5.41, 5.74) is 0. The van der Waals surface area contributed by atoms with Gasteiger partial charge in [0.2, 0.25) is 15.9 Å². The molecule has 2 aromatic rings. The number of amides is 1. The van der Waals surface area contributed by atoms with Crippen LogP contribution in [0.25, 0.3) is 0 Å². The maximum absolute atomic E-state index is 13.4. The smallest absolute Gasteiger partial charge is 0.243 e. The minimum Gasteiger partial charge on any atom is -0.340 e. The number of hydrogen-bond donors (Lipinski definition) is 0. The molecule has 9 heteroatoms. The molecule has 0 spiro atoms. The summed E-state index contributed by atoms with van der Waals surface area (Å²) in [6.45, 7) is 2.63. The molecule has 0 bridgehead atoms. The molecule has 1 aliphatic heterocycles. The van der Waals surface area contributed by atoms with Crippen LogP contribution in [0, 0.1) is 17.6 Å². The van der Waals surface area contributed by atoms with Crippen LogP contribution in [-0.4, -0.2) is 55.5 Å². The number of piperazine rings is 1. The standard InChI is InChI=1S/C20H22F2N2O3S2/c1-15(14-28-16-5-3-2-4-6-16)20(25)23-9-11-24(12-10-23)29(26,27)17-7-8-18(21)19(22)13-17/h2-8,13,15H,9-12,14H2,1H3. The summed E-state index contributed by atoms with van der Waals surface area (Å²) >= 11 is 1.61. The normalized spacial score (nSPS) is 16.6. The fourth-order valence-electron chi connectivity index (χ4n) is 3.06. The summed E-state index contributed by atoms with van der Waals surface area (Å²) in [6, 6.07) is 12.3. The maximum atomic E-state index is 13.4. The van der Waals surface area contributed by atoms with Crippen molar-refractivity contribution in [3.05, 3.63) is 60.2 Å². The van der Waals surface area contributed by atoms with Gasteiger partial charge in [-0.1, -0.05) is 25.1 Å². The summed E-state index contributed by atoms with van der Waals surface area (Å²) in [5.74, 6) is -1.88. The molecule has 1 saturated heterocycles. The topological polar surface area (TPSA) is 57.7 Å². The number of halogens is 2. The molecule has 1 unspecified atom stereocenters. The lowest BCUT2D eigenvalue weighted by Crippen LogP contribution is -2.51. The van der Waals surface area contributed by atoms with Crippen LogP contribution in [0.1, 0.15) is 6.92 Å². The zero-order valence-electron chi connectivity index (χ0n) is 15.9. The largest absolute Gasteiger partial charge is 0.340 e. The first-order valence-electron chi connectivity index (χ1n) is 9.21. The van der Waals surface area contributed by atoms with Crippen molar-refractivity contribution >= 4 is 27.7 Å². The zero-order valence-corrected chi connectivity index (χ0v) is 17.6. The van der Waals surface area contributed by atoms with Crippen LogP contribution < -0.4 is 0 Å². The van der Waals surface area contributed by atoms with Crippen LogP contribution in [0.4, 0.5) is 8.78 Å². The highest BCUT2D eigenvalue weighted by molar-refractivity contribution is 7.99. The van der Waals surface area contributed by atoms with Gasteiger partial charge in [0.05, 0.1) is 4.90 Å². The van der Waals surface area contributed by atoms with Crippen molar-refractivity contribution in [2.45, 2.75) is 16.7 Å². The molecule has 1 amide bonds. The Bertz CT molecular complexity index is 963. The molecule has 156 valence electrons. The van der Waals surface area contributed by atoms with Crippen LogP contribution in [0.5, 0.6) is 0 Å².